The average Bonchev–Trinajstić information content (AvgIpc) is 2.53. The first kappa shape index (κ1) is 17.0. The van der Waals surface area contributed by atoms with Gasteiger partial charge in [-0.15, -0.1) is 0 Å². The fourth-order valence-electron chi connectivity index (χ4n) is 1.69. The summed E-state index contributed by atoms with van der Waals surface area (Å²) in [4.78, 5) is 23.5. The molecule has 0 saturated carbocycles. The Morgan fingerprint density at radius 2 is 1.83 bits per heavy atom. The molecule has 0 radical (unpaired) electrons. The van der Waals surface area contributed by atoms with Crippen molar-refractivity contribution in [3.8, 4) is 0 Å². The first-order valence-electron chi connectivity index (χ1n) is 6.66. The molecule has 0 aliphatic carbocycles. The van der Waals surface area contributed by atoms with Crippen LogP contribution in [0.25, 0.3) is 0 Å². The van der Waals surface area contributed by atoms with Crippen molar-refractivity contribution in [3.63, 3.8) is 0 Å². The topological polar surface area (TPSA) is 70.6 Å². The molecule has 0 heterocycles. The Labute approximate surface area is 143 Å². The van der Waals surface area contributed by atoms with Gasteiger partial charge >= 0.3 is 0 Å². The molecule has 5 nitrogen and oxygen atoms in total. The first-order valence-corrected chi connectivity index (χ1v) is 7.42. The molecule has 0 spiro atoms. The van der Waals surface area contributed by atoms with Gasteiger partial charge in [0.25, 0.3) is 11.8 Å². The number of carbonyl (C=O) groups is 2. The Morgan fingerprint density at radius 1 is 1.09 bits per heavy atom. The molecule has 2 aromatic carbocycles. The average molecular weight is 350 g/mol. The number of nitrogens with zero attached hydrogens (tertiary/aromatic N) is 1. The lowest BCUT2D eigenvalue weighted by Crippen LogP contribution is -2.35. The number of rotatable bonds is 5. The molecular weight excluding hydrogens is 337 g/mol. The van der Waals surface area contributed by atoms with Crippen molar-refractivity contribution in [3.05, 3.63) is 69.7 Å². The number of hydrogen-bond donors (Lipinski definition) is 2. The zero-order chi connectivity index (χ0) is 16.7. The molecule has 23 heavy (non-hydrogen) atoms. The van der Waals surface area contributed by atoms with Gasteiger partial charge in [-0.25, -0.2) is 5.43 Å². The smallest absolute Gasteiger partial charge is 0.259 e. The predicted octanol–water partition coefficient (Wildman–Crippen LogP) is 2.87. The Balaban J connectivity index is 1.82. The summed E-state index contributed by atoms with van der Waals surface area (Å²) < 4.78 is 0. The third-order valence-corrected chi connectivity index (χ3v) is 3.34. The fourth-order valence-corrected chi connectivity index (χ4v) is 2.18. The number of halogens is 2. The van der Waals surface area contributed by atoms with E-state index in [0.717, 1.165) is 5.56 Å². The molecule has 2 aromatic rings. The molecule has 0 aliphatic rings. The molecule has 118 valence electrons. The van der Waals surface area contributed by atoms with Gasteiger partial charge in [0, 0.05) is 5.02 Å². The molecule has 0 fully saturated rings. The molecule has 0 aromatic heterocycles. The molecule has 7 heteroatoms. The highest BCUT2D eigenvalue weighted by molar-refractivity contribution is 6.36. The van der Waals surface area contributed by atoms with Crippen molar-refractivity contribution < 1.29 is 9.59 Å². The minimum atomic E-state index is -0.464. The van der Waals surface area contributed by atoms with Crippen LogP contribution in [0.3, 0.4) is 0 Å². The highest BCUT2D eigenvalue weighted by atomic mass is 35.5. The zero-order valence-corrected chi connectivity index (χ0v) is 13.4. The van der Waals surface area contributed by atoms with E-state index in [1.807, 2.05) is 30.3 Å². The van der Waals surface area contributed by atoms with E-state index < -0.39 is 11.8 Å². The van der Waals surface area contributed by atoms with E-state index in [4.69, 9.17) is 23.2 Å². The van der Waals surface area contributed by atoms with E-state index in [1.165, 1.54) is 18.3 Å². The van der Waals surface area contributed by atoms with Gasteiger partial charge in [0.1, 0.15) is 0 Å². The highest BCUT2D eigenvalue weighted by Gasteiger charge is 2.11. The maximum Gasteiger partial charge on any atom is 0.259 e. The number of hydrogen-bond acceptors (Lipinski definition) is 3. The Kier molecular flexibility index (Phi) is 6.14. The van der Waals surface area contributed by atoms with Crippen molar-refractivity contribution >= 4 is 41.2 Å². The maximum absolute atomic E-state index is 11.9. The Bertz CT molecular complexity index is 733. The molecule has 0 saturated heterocycles. The summed E-state index contributed by atoms with van der Waals surface area (Å²) in [5.74, 6) is -0.913. The van der Waals surface area contributed by atoms with Crippen LogP contribution in [0.5, 0.6) is 0 Å². The lowest BCUT2D eigenvalue weighted by molar-refractivity contribution is -0.120. The Hall–Kier alpha value is -2.37. The van der Waals surface area contributed by atoms with Gasteiger partial charge in [-0.1, -0.05) is 53.5 Å². The lowest BCUT2D eigenvalue weighted by Gasteiger charge is -2.06. The van der Waals surface area contributed by atoms with Gasteiger partial charge in [0.15, 0.2) is 0 Å². The normalized spacial score (nSPS) is 10.5. The van der Waals surface area contributed by atoms with Crippen LogP contribution in [0.1, 0.15) is 15.9 Å². The molecular formula is C16H13Cl2N3O2. The third-order valence-electron chi connectivity index (χ3n) is 2.79. The standard InChI is InChI=1S/C16H13Cl2N3O2/c17-12-6-7-13(14(18)8-12)16(23)19-10-15(22)21-20-9-11-4-2-1-3-5-11/h1-9H,10H2,(H,19,23)(H,21,22)/b20-9+. The van der Waals surface area contributed by atoms with Crippen LogP contribution in [0.15, 0.2) is 53.6 Å². The maximum atomic E-state index is 11.9. The molecule has 2 N–H and O–H groups in total. The van der Waals surface area contributed by atoms with Gasteiger partial charge < -0.3 is 5.32 Å². The molecule has 2 amide bonds. The Morgan fingerprint density at radius 3 is 2.52 bits per heavy atom. The number of carbonyl (C=O) groups excluding carboxylic acids is 2. The van der Waals surface area contributed by atoms with Crippen LogP contribution in [0.2, 0.25) is 10.0 Å². The summed E-state index contributed by atoms with van der Waals surface area (Å²) in [5, 5.41) is 6.91. The van der Waals surface area contributed by atoms with Gasteiger partial charge in [-0.3, -0.25) is 9.59 Å². The molecule has 0 bridgehead atoms. The number of amides is 2. The largest absolute Gasteiger partial charge is 0.343 e. The van der Waals surface area contributed by atoms with E-state index in [9.17, 15) is 9.59 Å². The van der Waals surface area contributed by atoms with Gasteiger partial charge in [-0.05, 0) is 23.8 Å². The summed E-state index contributed by atoms with van der Waals surface area (Å²) in [6.07, 6.45) is 1.51. The van der Waals surface area contributed by atoms with Gasteiger partial charge in [0.2, 0.25) is 0 Å². The summed E-state index contributed by atoms with van der Waals surface area (Å²) in [5.41, 5.74) is 3.42. The van der Waals surface area contributed by atoms with Gasteiger partial charge in [-0.2, -0.15) is 5.10 Å². The van der Waals surface area contributed by atoms with Crippen LogP contribution < -0.4 is 10.7 Å². The van der Waals surface area contributed by atoms with Crippen molar-refractivity contribution in [1.29, 1.82) is 0 Å². The van der Waals surface area contributed by atoms with Crippen molar-refractivity contribution in [2.24, 2.45) is 5.10 Å². The van der Waals surface area contributed by atoms with Crippen molar-refractivity contribution in [2.75, 3.05) is 6.54 Å². The van der Waals surface area contributed by atoms with Crippen molar-refractivity contribution in [2.45, 2.75) is 0 Å². The third kappa shape index (κ3) is 5.39. The predicted molar refractivity (Wildman–Crippen MR) is 91.0 cm³/mol. The number of nitrogens with one attached hydrogen (secondary N) is 2. The fraction of sp³-hybridized carbons (Fsp3) is 0.0625. The van der Waals surface area contributed by atoms with Crippen LogP contribution in [0.4, 0.5) is 0 Å². The molecule has 2 rings (SSSR count). The van der Waals surface area contributed by atoms with Crippen LogP contribution in [0, 0.1) is 0 Å². The second-order valence-electron chi connectivity index (χ2n) is 4.51. The molecule has 0 unspecified atom stereocenters. The van der Waals surface area contributed by atoms with E-state index in [0.29, 0.717) is 5.02 Å². The van der Waals surface area contributed by atoms with E-state index >= 15 is 0 Å². The second-order valence-corrected chi connectivity index (χ2v) is 5.35. The SMILES string of the molecule is O=C(CNC(=O)c1ccc(Cl)cc1Cl)N/N=C/c1ccccc1. The zero-order valence-electron chi connectivity index (χ0n) is 11.9. The molecule has 0 atom stereocenters. The number of benzene rings is 2. The summed E-state index contributed by atoms with van der Waals surface area (Å²) in [6, 6.07) is 13.8. The van der Waals surface area contributed by atoms with E-state index in [2.05, 4.69) is 15.8 Å². The minimum Gasteiger partial charge on any atom is -0.343 e. The summed E-state index contributed by atoms with van der Waals surface area (Å²) >= 11 is 11.7. The van der Waals surface area contributed by atoms with Gasteiger partial charge in [0.05, 0.1) is 23.3 Å². The van der Waals surface area contributed by atoms with Crippen LogP contribution >= 0.6 is 23.2 Å². The highest BCUT2D eigenvalue weighted by Crippen LogP contribution is 2.20. The molecule has 0 aliphatic heterocycles. The monoisotopic (exact) mass is 349 g/mol. The van der Waals surface area contributed by atoms with Crippen LogP contribution in [-0.2, 0) is 4.79 Å². The first-order chi connectivity index (χ1) is 11.1. The van der Waals surface area contributed by atoms with Crippen molar-refractivity contribution in [1.82, 2.24) is 10.7 Å². The van der Waals surface area contributed by atoms with E-state index in [1.54, 1.807) is 6.07 Å². The van der Waals surface area contributed by atoms with E-state index in [-0.39, 0.29) is 17.1 Å². The van der Waals surface area contributed by atoms with Crippen LogP contribution in [-0.4, -0.2) is 24.6 Å². The number of hydrazone groups is 1. The quantitative estimate of drug-likeness (QED) is 0.643. The lowest BCUT2D eigenvalue weighted by atomic mass is 10.2. The second kappa shape index (κ2) is 8.31. The minimum absolute atomic E-state index is 0.218. The summed E-state index contributed by atoms with van der Waals surface area (Å²) in [7, 11) is 0. The summed E-state index contributed by atoms with van der Waals surface area (Å²) in [6.45, 7) is -0.218.